The van der Waals surface area contributed by atoms with Gasteiger partial charge in [0.2, 0.25) is 0 Å². The molecule has 0 fully saturated rings. The van der Waals surface area contributed by atoms with E-state index in [4.69, 9.17) is 15.2 Å². The van der Waals surface area contributed by atoms with Crippen LogP contribution in [0.25, 0.3) is 0 Å². The van der Waals surface area contributed by atoms with Gasteiger partial charge in [0.15, 0.2) is 12.4 Å². The Morgan fingerprint density at radius 3 is 2.70 bits per heavy atom. The van der Waals surface area contributed by atoms with Crippen LogP contribution in [0.15, 0.2) is 36.7 Å². The van der Waals surface area contributed by atoms with E-state index < -0.39 is 5.97 Å². The Bertz CT molecular complexity index is 587. The van der Waals surface area contributed by atoms with Gasteiger partial charge in [0.05, 0.1) is 12.2 Å². The number of esters is 1. The summed E-state index contributed by atoms with van der Waals surface area (Å²) in [6, 6.07) is 6.48. The van der Waals surface area contributed by atoms with Crippen LogP contribution in [-0.2, 0) is 11.3 Å². The maximum atomic E-state index is 11.9. The maximum absolute atomic E-state index is 11.9. The molecule has 1 heterocycles. The molecule has 0 aliphatic rings. The summed E-state index contributed by atoms with van der Waals surface area (Å²) in [7, 11) is 0. The summed E-state index contributed by atoms with van der Waals surface area (Å²) in [5.41, 5.74) is 6.50. The van der Waals surface area contributed by atoms with Gasteiger partial charge in [-0.1, -0.05) is 0 Å². The van der Waals surface area contributed by atoms with E-state index in [1.807, 2.05) is 6.92 Å². The molecule has 6 heteroatoms. The van der Waals surface area contributed by atoms with Crippen LogP contribution in [-0.4, -0.2) is 22.5 Å². The number of benzene rings is 1. The first-order valence-electron chi connectivity index (χ1n) is 6.15. The van der Waals surface area contributed by atoms with E-state index in [-0.39, 0.29) is 6.61 Å². The van der Waals surface area contributed by atoms with Crippen LogP contribution in [0.1, 0.15) is 23.1 Å². The lowest BCUT2D eigenvalue weighted by atomic mass is 10.2. The van der Waals surface area contributed by atoms with E-state index in [1.54, 1.807) is 30.6 Å². The molecule has 0 saturated carbocycles. The number of ether oxygens (including phenoxy) is 2. The molecule has 0 atom stereocenters. The zero-order chi connectivity index (χ0) is 14.4. The van der Waals surface area contributed by atoms with Crippen molar-refractivity contribution in [3.05, 3.63) is 48.0 Å². The first-order valence-corrected chi connectivity index (χ1v) is 6.15. The van der Waals surface area contributed by atoms with Crippen molar-refractivity contribution in [1.29, 1.82) is 0 Å². The Morgan fingerprint density at radius 2 is 2.00 bits per heavy atom. The molecule has 2 N–H and O–H groups in total. The molecule has 2 rings (SSSR count). The fourth-order valence-electron chi connectivity index (χ4n) is 1.61. The number of aromatic nitrogens is 2. The minimum absolute atomic E-state index is 0.0123. The monoisotopic (exact) mass is 273 g/mol. The first-order chi connectivity index (χ1) is 9.69. The van der Waals surface area contributed by atoms with Crippen LogP contribution in [0.4, 0.5) is 5.69 Å². The van der Waals surface area contributed by atoms with Gasteiger partial charge < -0.3 is 15.2 Å². The van der Waals surface area contributed by atoms with Crippen molar-refractivity contribution in [3.8, 4) is 5.75 Å². The molecule has 0 aliphatic carbocycles. The quantitative estimate of drug-likeness (QED) is 0.660. The van der Waals surface area contributed by atoms with E-state index in [0.717, 1.165) is 0 Å². The molecule has 0 unspecified atom stereocenters. The number of carbonyl (C=O) groups excluding carboxylic acids is 1. The van der Waals surface area contributed by atoms with Crippen molar-refractivity contribution in [2.45, 2.75) is 13.5 Å². The topological polar surface area (TPSA) is 87.3 Å². The van der Waals surface area contributed by atoms with Gasteiger partial charge in [-0.25, -0.2) is 14.8 Å². The number of nitrogens with two attached hydrogens (primary N) is 1. The van der Waals surface area contributed by atoms with Crippen LogP contribution in [0, 0.1) is 0 Å². The van der Waals surface area contributed by atoms with Gasteiger partial charge in [-0.3, -0.25) is 0 Å². The van der Waals surface area contributed by atoms with Crippen molar-refractivity contribution in [2.24, 2.45) is 0 Å². The van der Waals surface area contributed by atoms with Gasteiger partial charge in [-0.2, -0.15) is 0 Å². The second-order valence-electron chi connectivity index (χ2n) is 3.96. The molecule has 0 spiro atoms. The number of hydrogen-bond donors (Lipinski definition) is 1. The van der Waals surface area contributed by atoms with E-state index in [0.29, 0.717) is 29.4 Å². The number of rotatable bonds is 5. The van der Waals surface area contributed by atoms with Crippen LogP contribution in [0.3, 0.4) is 0 Å². The number of anilines is 1. The lowest BCUT2D eigenvalue weighted by molar-refractivity contribution is 0.0461. The highest BCUT2D eigenvalue weighted by Gasteiger charge is 2.11. The Labute approximate surface area is 116 Å². The molecule has 20 heavy (non-hydrogen) atoms. The fraction of sp³-hybridized carbons (Fsp3) is 0.214. The third kappa shape index (κ3) is 3.68. The Hall–Kier alpha value is -2.63. The zero-order valence-electron chi connectivity index (χ0n) is 11.1. The Balaban J connectivity index is 2.05. The predicted octanol–water partition coefficient (Wildman–Crippen LogP) is 1.81. The highest BCUT2D eigenvalue weighted by Crippen LogP contribution is 2.19. The van der Waals surface area contributed by atoms with E-state index >= 15 is 0 Å². The standard InChI is InChI=1S/C14H15N3O3/c1-2-19-12-7-10(6-11(15)8-12)14(18)20-9-13-16-4-3-5-17-13/h3-8H,2,9,15H2,1H3. The second-order valence-corrected chi connectivity index (χ2v) is 3.96. The van der Waals surface area contributed by atoms with E-state index in [2.05, 4.69) is 9.97 Å². The summed E-state index contributed by atoms with van der Waals surface area (Å²) in [5, 5.41) is 0. The fourth-order valence-corrected chi connectivity index (χ4v) is 1.61. The lowest BCUT2D eigenvalue weighted by Crippen LogP contribution is -2.08. The largest absolute Gasteiger partial charge is 0.494 e. The SMILES string of the molecule is CCOc1cc(N)cc(C(=O)OCc2ncccn2)c1. The van der Waals surface area contributed by atoms with Crippen molar-refractivity contribution < 1.29 is 14.3 Å². The minimum Gasteiger partial charge on any atom is -0.494 e. The van der Waals surface area contributed by atoms with Gasteiger partial charge in [-0.15, -0.1) is 0 Å². The van der Waals surface area contributed by atoms with Crippen molar-refractivity contribution in [2.75, 3.05) is 12.3 Å². The maximum Gasteiger partial charge on any atom is 0.338 e. The average molecular weight is 273 g/mol. The normalized spacial score (nSPS) is 10.1. The summed E-state index contributed by atoms with van der Waals surface area (Å²) >= 11 is 0. The predicted molar refractivity (Wildman–Crippen MR) is 73.2 cm³/mol. The molecule has 0 amide bonds. The van der Waals surface area contributed by atoms with Crippen molar-refractivity contribution in [1.82, 2.24) is 9.97 Å². The van der Waals surface area contributed by atoms with Gasteiger partial charge in [0, 0.05) is 24.1 Å². The third-order valence-corrected chi connectivity index (χ3v) is 2.43. The molecule has 104 valence electrons. The van der Waals surface area contributed by atoms with Crippen molar-refractivity contribution >= 4 is 11.7 Å². The van der Waals surface area contributed by atoms with Crippen LogP contribution in [0.2, 0.25) is 0 Å². The molecule has 0 aliphatic heterocycles. The minimum atomic E-state index is -0.495. The highest BCUT2D eigenvalue weighted by atomic mass is 16.5. The average Bonchev–Trinajstić information content (AvgIpc) is 2.45. The summed E-state index contributed by atoms with van der Waals surface area (Å²) in [5.74, 6) is 0.482. The molecule has 2 aromatic rings. The molecule has 0 saturated heterocycles. The molecular weight excluding hydrogens is 258 g/mol. The summed E-state index contributed by atoms with van der Waals surface area (Å²) in [6.45, 7) is 2.36. The molecule has 6 nitrogen and oxygen atoms in total. The van der Waals surface area contributed by atoms with E-state index in [9.17, 15) is 4.79 Å². The number of carbonyl (C=O) groups is 1. The van der Waals surface area contributed by atoms with E-state index in [1.165, 1.54) is 6.07 Å². The van der Waals surface area contributed by atoms with Crippen LogP contribution < -0.4 is 10.5 Å². The molecule has 1 aromatic heterocycles. The Morgan fingerprint density at radius 1 is 1.25 bits per heavy atom. The van der Waals surface area contributed by atoms with Gasteiger partial charge in [0.1, 0.15) is 5.75 Å². The summed E-state index contributed by atoms with van der Waals surface area (Å²) in [6.07, 6.45) is 3.17. The Kier molecular flexibility index (Phi) is 4.49. The second kappa shape index (κ2) is 6.51. The van der Waals surface area contributed by atoms with Gasteiger partial charge >= 0.3 is 5.97 Å². The van der Waals surface area contributed by atoms with Gasteiger partial charge in [0.25, 0.3) is 0 Å². The summed E-state index contributed by atoms with van der Waals surface area (Å²) < 4.78 is 10.5. The molecule has 1 aromatic carbocycles. The molecular formula is C14H15N3O3. The number of nitrogen functional groups attached to an aromatic ring is 1. The third-order valence-electron chi connectivity index (χ3n) is 2.43. The highest BCUT2D eigenvalue weighted by molar-refractivity contribution is 5.91. The molecule has 0 bridgehead atoms. The van der Waals surface area contributed by atoms with Crippen LogP contribution in [0.5, 0.6) is 5.75 Å². The van der Waals surface area contributed by atoms with Gasteiger partial charge in [-0.05, 0) is 25.1 Å². The molecule has 0 radical (unpaired) electrons. The number of hydrogen-bond acceptors (Lipinski definition) is 6. The smallest absolute Gasteiger partial charge is 0.338 e. The lowest BCUT2D eigenvalue weighted by Gasteiger charge is -2.08. The van der Waals surface area contributed by atoms with Crippen LogP contribution >= 0.6 is 0 Å². The summed E-state index contributed by atoms with van der Waals surface area (Å²) in [4.78, 5) is 19.9. The number of nitrogens with zero attached hydrogens (tertiary/aromatic N) is 2. The zero-order valence-corrected chi connectivity index (χ0v) is 11.1. The first kappa shape index (κ1) is 13.8. The van der Waals surface area contributed by atoms with Crippen molar-refractivity contribution in [3.63, 3.8) is 0 Å².